The van der Waals surface area contributed by atoms with Crippen LogP contribution in [-0.2, 0) is 4.74 Å². The Hall–Kier alpha value is -0.0800. The minimum atomic E-state index is 0.519. The second-order valence-corrected chi connectivity index (χ2v) is 6.48. The van der Waals surface area contributed by atoms with Crippen LogP contribution in [0.1, 0.15) is 71.6 Å². The van der Waals surface area contributed by atoms with E-state index in [9.17, 15) is 0 Å². The molecular weight excluding hydrogens is 222 g/mol. The largest absolute Gasteiger partial charge is 0.378 e. The molecule has 1 N–H and O–H groups in total. The second-order valence-electron chi connectivity index (χ2n) is 6.48. The van der Waals surface area contributed by atoms with Gasteiger partial charge in [-0.3, -0.25) is 0 Å². The molecule has 0 spiro atoms. The van der Waals surface area contributed by atoms with E-state index in [0.717, 1.165) is 18.6 Å². The highest BCUT2D eigenvalue weighted by Crippen LogP contribution is 2.25. The summed E-state index contributed by atoms with van der Waals surface area (Å²) < 4.78 is 5.84. The van der Waals surface area contributed by atoms with E-state index in [2.05, 4.69) is 19.2 Å². The third kappa shape index (κ3) is 4.55. The van der Waals surface area contributed by atoms with Crippen molar-refractivity contribution < 1.29 is 4.74 Å². The van der Waals surface area contributed by atoms with Gasteiger partial charge in [-0.15, -0.1) is 0 Å². The lowest BCUT2D eigenvalue weighted by Crippen LogP contribution is -2.44. The van der Waals surface area contributed by atoms with Crippen molar-refractivity contribution in [3.63, 3.8) is 0 Å². The predicted octanol–water partition coefficient (Wildman–Crippen LogP) is 3.89. The van der Waals surface area contributed by atoms with Gasteiger partial charge >= 0.3 is 0 Å². The molecule has 0 bridgehead atoms. The second kappa shape index (κ2) is 7.49. The van der Waals surface area contributed by atoms with Crippen LogP contribution in [0.4, 0.5) is 0 Å². The summed E-state index contributed by atoms with van der Waals surface area (Å²) in [5.41, 5.74) is 0. The lowest BCUT2D eigenvalue weighted by Gasteiger charge is -2.33. The monoisotopic (exact) mass is 253 g/mol. The van der Waals surface area contributed by atoms with Gasteiger partial charge in [-0.2, -0.15) is 0 Å². The zero-order chi connectivity index (χ0) is 12.8. The van der Waals surface area contributed by atoms with Gasteiger partial charge in [0.15, 0.2) is 0 Å². The Morgan fingerprint density at radius 2 is 1.94 bits per heavy atom. The Kier molecular flexibility index (Phi) is 5.97. The van der Waals surface area contributed by atoms with Gasteiger partial charge in [0, 0.05) is 18.7 Å². The van der Waals surface area contributed by atoms with Crippen LogP contribution in [0.2, 0.25) is 0 Å². The minimum absolute atomic E-state index is 0.519. The van der Waals surface area contributed by atoms with Gasteiger partial charge in [-0.25, -0.2) is 0 Å². The average molecular weight is 253 g/mol. The van der Waals surface area contributed by atoms with Crippen molar-refractivity contribution in [2.45, 2.75) is 89.8 Å². The maximum absolute atomic E-state index is 5.84. The molecule has 106 valence electrons. The standard InChI is InChI=1S/C16H31NO/c1-3-5-16-12-15(10-11-18-16)17-14-7-4-6-13(2)8-9-14/h13-17H,3-12H2,1-2H3. The molecule has 1 aliphatic carbocycles. The first-order chi connectivity index (χ1) is 8.78. The highest BCUT2D eigenvalue weighted by molar-refractivity contribution is 4.82. The van der Waals surface area contributed by atoms with Crippen molar-refractivity contribution in [1.82, 2.24) is 5.32 Å². The van der Waals surface area contributed by atoms with Crippen LogP contribution in [-0.4, -0.2) is 24.8 Å². The fourth-order valence-corrected chi connectivity index (χ4v) is 3.54. The Morgan fingerprint density at radius 1 is 1.06 bits per heavy atom. The molecule has 1 aliphatic heterocycles. The van der Waals surface area contributed by atoms with E-state index in [1.165, 1.54) is 57.8 Å². The van der Waals surface area contributed by atoms with Gasteiger partial charge in [0.2, 0.25) is 0 Å². The third-order valence-electron chi connectivity index (χ3n) is 4.71. The van der Waals surface area contributed by atoms with Gasteiger partial charge < -0.3 is 10.1 Å². The molecule has 2 rings (SSSR count). The van der Waals surface area contributed by atoms with Crippen molar-refractivity contribution in [2.75, 3.05) is 6.61 Å². The van der Waals surface area contributed by atoms with Crippen molar-refractivity contribution in [2.24, 2.45) is 5.92 Å². The summed E-state index contributed by atoms with van der Waals surface area (Å²) in [4.78, 5) is 0. The predicted molar refractivity (Wildman–Crippen MR) is 76.8 cm³/mol. The van der Waals surface area contributed by atoms with Crippen LogP contribution in [0.3, 0.4) is 0 Å². The van der Waals surface area contributed by atoms with Crippen molar-refractivity contribution in [3.05, 3.63) is 0 Å². The normalized spacial score (nSPS) is 38.3. The molecule has 0 radical (unpaired) electrons. The molecule has 4 atom stereocenters. The van der Waals surface area contributed by atoms with Crippen LogP contribution in [0, 0.1) is 5.92 Å². The van der Waals surface area contributed by atoms with Crippen LogP contribution in [0.5, 0.6) is 0 Å². The van der Waals surface area contributed by atoms with Crippen molar-refractivity contribution in [3.8, 4) is 0 Å². The number of rotatable bonds is 4. The van der Waals surface area contributed by atoms with E-state index in [1.807, 2.05) is 0 Å². The smallest absolute Gasteiger partial charge is 0.0589 e. The van der Waals surface area contributed by atoms with Crippen LogP contribution in [0.15, 0.2) is 0 Å². The summed E-state index contributed by atoms with van der Waals surface area (Å²) in [7, 11) is 0. The molecule has 2 aliphatic rings. The van der Waals surface area contributed by atoms with E-state index in [-0.39, 0.29) is 0 Å². The highest BCUT2D eigenvalue weighted by atomic mass is 16.5. The van der Waals surface area contributed by atoms with Gasteiger partial charge in [0.1, 0.15) is 0 Å². The number of hydrogen-bond donors (Lipinski definition) is 1. The number of ether oxygens (including phenoxy) is 1. The molecular formula is C16H31NO. The summed E-state index contributed by atoms with van der Waals surface area (Å²) in [6.45, 7) is 5.63. The van der Waals surface area contributed by atoms with Gasteiger partial charge in [0.05, 0.1) is 6.10 Å². The maximum Gasteiger partial charge on any atom is 0.0589 e. The van der Waals surface area contributed by atoms with Crippen molar-refractivity contribution in [1.29, 1.82) is 0 Å². The molecule has 0 aromatic heterocycles. The average Bonchev–Trinajstić information content (AvgIpc) is 2.56. The van der Waals surface area contributed by atoms with Crippen LogP contribution < -0.4 is 5.32 Å². The minimum Gasteiger partial charge on any atom is -0.378 e. The van der Waals surface area contributed by atoms with Gasteiger partial charge in [-0.1, -0.05) is 33.1 Å². The maximum atomic E-state index is 5.84. The first kappa shape index (κ1) is 14.3. The van der Waals surface area contributed by atoms with Crippen LogP contribution >= 0.6 is 0 Å². The molecule has 18 heavy (non-hydrogen) atoms. The first-order valence-corrected chi connectivity index (χ1v) is 8.15. The zero-order valence-electron chi connectivity index (χ0n) is 12.3. The molecule has 2 nitrogen and oxygen atoms in total. The summed E-state index contributed by atoms with van der Waals surface area (Å²) in [6.07, 6.45) is 12.5. The molecule has 0 amide bonds. The molecule has 0 aromatic carbocycles. The van der Waals surface area contributed by atoms with E-state index < -0.39 is 0 Å². The molecule has 0 aromatic rings. The molecule has 1 saturated carbocycles. The first-order valence-electron chi connectivity index (χ1n) is 8.15. The Balaban J connectivity index is 1.74. The summed E-state index contributed by atoms with van der Waals surface area (Å²) in [5, 5.41) is 3.93. The summed E-state index contributed by atoms with van der Waals surface area (Å²) in [6, 6.07) is 1.49. The molecule has 1 saturated heterocycles. The zero-order valence-corrected chi connectivity index (χ0v) is 12.3. The Bertz CT molecular complexity index is 229. The molecule has 4 unspecified atom stereocenters. The third-order valence-corrected chi connectivity index (χ3v) is 4.71. The van der Waals surface area contributed by atoms with E-state index in [1.54, 1.807) is 0 Å². The topological polar surface area (TPSA) is 21.3 Å². The summed E-state index contributed by atoms with van der Waals surface area (Å²) in [5.74, 6) is 0.944. The van der Waals surface area contributed by atoms with E-state index in [0.29, 0.717) is 12.1 Å². The fourth-order valence-electron chi connectivity index (χ4n) is 3.54. The quantitative estimate of drug-likeness (QED) is 0.767. The van der Waals surface area contributed by atoms with Gasteiger partial charge in [0.25, 0.3) is 0 Å². The van der Waals surface area contributed by atoms with Gasteiger partial charge in [-0.05, 0) is 44.4 Å². The Labute approximate surface area is 113 Å². The Morgan fingerprint density at radius 3 is 2.78 bits per heavy atom. The lowest BCUT2D eigenvalue weighted by molar-refractivity contribution is -0.00531. The fraction of sp³-hybridized carbons (Fsp3) is 1.00. The SMILES string of the molecule is CCCC1CC(NC2CCCC(C)CC2)CCO1. The van der Waals surface area contributed by atoms with E-state index in [4.69, 9.17) is 4.74 Å². The molecule has 1 heterocycles. The molecule has 2 fully saturated rings. The number of nitrogens with one attached hydrogen (secondary N) is 1. The van der Waals surface area contributed by atoms with E-state index >= 15 is 0 Å². The lowest BCUT2D eigenvalue weighted by atomic mass is 9.97. The van der Waals surface area contributed by atoms with Crippen LogP contribution in [0.25, 0.3) is 0 Å². The molecule has 2 heteroatoms. The number of hydrogen-bond acceptors (Lipinski definition) is 2. The van der Waals surface area contributed by atoms with Crippen molar-refractivity contribution >= 4 is 0 Å². The highest BCUT2D eigenvalue weighted by Gasteiger charge is 2.25. The summed E-state index contributed by atoms with van der Waals surface area (Å²) >= 11 is 0.